The summed E-state index contributed by atoms with van der Waals surface area (Å²) in [5.41, 5.74) is 0.0810. The van der Waals surface area contributed by atoms with E-state index in [1.807, 2.05) is 0 Å². The Morgan fingerprint density at radius 3 is 2.50 bits per heavy atom. The molecule has 0 unspecified atom stereocenters. The molecule has 1 aromatic carbocycles. The quantitative estimate of drug-likeness (QED) is 0.720. The lowest BCUT2D eigenvalue weighted by molar-refractivity contribution is -0.121. The van der Waals surface area contributed by atoms with Crippen LogP contribution in [0.4, 0.5) is 8.78 Å². The van der Waals surface area contributed by atoms with Crippen molar-refractivity contribution in [1.29, 1.82) is 0 Å². The Morgan fingerprint density at radius 1 is 1.12 bits per heavy atom. The summed E-state index contributed by atoms with van der Waals surface area (Å²) >= 11 is 0. The zero-order valence-electron chi connectivity index (χ0n) is 13.3. The second kappa shape index (κ2) is 10.3. The molecule has 0 saturated carbocycles. The summed E-state index contributed by atoms with van der Waals surface area (Å²) in [6.07, 6.45) is 0.0178. The van der Waals surface area contributed by atoms with Gasteiger partial charge in [0.25, 0.3) is 0 Å². The number of carbonyl (C=O) groups is 2. The number of benzene rings is 1. The van der Waals surface area contributed by atoms with E-state index in [1.54, 1.807) is 0 Å². The summed E-state index contributed by atoms with van der Waals surface area (Å²) in [4.78, 5) is 25.8. The highest BCUT2D eigenvalue weighted by molar-refractivity contribution is 5.97. The zero-order valence-corrected chi connectivity index (χ0v) is 14.1. The lowest BCUT2D eigenvalue weighted by Gasteiger charge is -2.27. The largest absolute Gasteiger partial charge is 0.355 e. The summed E-state index contributed by atoms with van der Waals surface area (Å²) < 4.78 is 25.9. The van der Waals surface area contributed by atoms with Crippen molar-refractivity contribution >= 4 is 24.1 Å². The van der Waals surface area contributed by atoms with E-state index in [4.69, 9.17) is 0 Å². The molecule has 2 N–H and O–H groups in total. The standard InChI is InChI=1S/C16H21F2N3O2.ClH/c17-13-2-1-12(11-14(13)18)15(22)3-4-16(23)20-7-10-21-8-5-19-6-9-21;/h1-2,11,19H,3-10H2,(H,20,23);1H. The fourth-order valence-electron chi connectivity index (χ4n) is 2.42. The van der Waals surface area contributed by atoms with Gasteiger partial charge < -0.3 is 10.6 Å². The minimum absolute atomic E-state index is 0. The number of hydrogen-bond donors (Lipinski definition) is 2. The van der Waals surface area contributed by atoms with Crippen molar-refractivity contribution in [2.45, 2.75) is 12.8 Å². The molecule has 1 aliphatic rings. The van der Waals surface area contributed by atoms with E-state index >= 15 is 0 Å². The van der Waals surface area contributed by atoms with Crippen LogP contribution < -0.4 is 10.6 Å². The van der Waals surface area contributed by atoms with Crippen LogP contribution in [-0.2, 0) is 4.79 Å². The van der Waals surface area contributed by atoms with Crippen LogP contribution in [-0.4, -0.2) is 55.9 Å². The second-order valence-electron chi connectivity index (χ2n) is 5.49. The van der Waals surface area contributed by atoms with E-state index in [0.29, 0.717) is 6.54 Å². The third-order valence-corrected chi connectivity index (χ3v) is 3.78. The molecule has 24 heavy (non-hydrogen) atoms. The highest BCUT2D eigenvalue weighted by Crippen LogP contribution is 2.11. The maximum atomic E-state index is 13.1. The van der Waals surface area contributed by atoms with Crippen molar-refractivity contribution in [3.8, 4) is 0 Å². The van der Waals surface area contributed by atoms with E-state index in [2.05, 4.69) is 15.5 Å². The number of nitrogens with one attached hydrogen (secondary N) is 2. The molecule has 1 fully saturated rings. The van der Waals surface area contributed by atoms with E-state index in [0.717, 1.165) is 44.9 Å². The Morgan fingerprint density at radius 2 is 1.83 bits per heavy atom. The Labute approximate surface area is 146 Å². The van der Waals surface area contributed by atoms with E-state index in [-0.39, 0.29) is 42.5 Å². The third kappa shape index (κ3) is 6.51. The molecule has 0 bridgehead atoms. The normalized spacial score (nSPS) is 14.8. The summed E-state index contributed by atoms with van der Waals surface area (Å²) in [6, 6.07) is 3.00. The van der Waals surface area contributed by atoms with Gasteiger partial charge >= 0.3 is 0 Å². The molecular formula is C16H22ClF2N3O2. The average Bonchev–Trinajstić information content (AvgIpc) is 2.56. The first-order valence-corrected chi connectivity index (χ1v) is 7.74. The number of piperazine rings is 1. The molecule has 0 aromatic heterocycles. The number of amides is 1. The van der Waals surface area contributed by atoms with Gasteiger partial charge in [-0.3, -0.25) is 14.5 Å². The van der Waals surface area contributed by atoms with Crippen LogP contribution in [0.15, 0.2) is 18.2 Å². The first-order valence-electron chi connectivity index (χ1n) is 7.74. The highest BCUT2D eigenvalue weighted by Gasteiger charge is 2.13. The smallest absolute Gasteiger partial charge is 0.220 e. The second-order valence-corrected chi connectivity index (χ2v) is 5.49. The number of carbonyl (C=O) groups excluding carboxylic acids is 2. The van der Waals surface area contributed by atoms with Crippen molar-refractivity contribution < 1.29 is 18.4 Å². The van der Waals surface area contributed by atoms with Gasteiger partial charge in [0.05, 0.1) is 0 Å². The van der Waals surface area contributed by atoms with Gasteiger partial charge in [0.1, 0.15) is 0 Å². The average molecular weight is 362 g/mol. The first kappa shape index (κ1) is 20.5. The fraction of sp³-hybridized carbons (Fsp3) is 0.500. The number of Topliss-reactive ketones (excluding diaryl/α,β-unsaturated/α-hetero) is 1. The molecule has 1 amide bonds. The van der Waals surface area contributed by atoms with Crippen molar-refractivity contribution in [3.05, 3.63) is 35.4 Å². The predicted octanol–water partition coefficient (Wildman–Crippen LogP) is 1.37. The molecule has 134 valence electrons. The van der Waals surface area contributed by atoms with E-state index in [1.165, 1.54) is 6.07 Å². The monoisotopic (exact) mass is 361 g/mol. The predicted molar refractivity (Wildman–Crippen MR) is 89.5 cm³/mol. The number of halogens is 3. The summed E-state index contributed by atoms with van der Waals surface area (Å²) in [6.45, 7) is 5.16. The molecule has 0 aliphatic carbocycles. The fourth-order valence-corrected chi connectivity index (χ4v) is 2.42. The summed E-state index contributed by atoms with van der Waals surface area (Å²) in [5, 5.41) is 6.02. The van der Waals surface area contributed by atoms with Gasteiger partial charge in [-0.2, -0.15) is 0 Å². The Balaban J connectivity index is 0.00000288. The third-order valence-electron chi connectivity index (χ3n) is 3.78. The Bertz CT molecular complexity index is 566. The van der Waals surface area contributed by atoms with Gasteiger partial charge in [0.15, 0.2) is 17.4 Å². The molecule has 2 rings (SSSR count). The van der Waals surface area contributed by atoms with Gasteiger partial charge in [-0.05, 0) is 18.2 Å². The molecule has 5 nitrogen and oxygen atoms in total. The Hall–Kier alpha value is -1.57. The number of nitrogens with zero attached hydrogens (tertiary/aromatic N) is 1. The SMILES string of the molecule is Cl.O=C(CCC(=O)c1ccc(F)c(F)c1)NCCN1CCNCC1. The maximum absolute atomic E-state index is 13.1. The minimum Gasteiger partial charge on any atom is -0.355 e. The molecule has 0 radical (unpaired) electrons. The van der Waals surface area contributed by atoms with Crippen LogP contribution in [0.3, 0.4) is 0 Å². The lowest BCUT2D eigenvalue weighted by atomic mass is 10.1. The summed E-state index contributed by atoms with van der Waals surface area (Å²) in [7, 11) is 0. The first-order chi connectivity index (χ1) is 11.1. The van der Waals surface area contributed by atoms with Gasteiger partial charge in [0.2, 0.25) is 5.91 Å². The molecule has 1 aromatic rings. The topological polar surface area (TPSA) is 61.4 Å². The van der Waals surface area contributed by atoms with Crippen molar-refractivity contribution in [1.82, 2.24) is 15.5 Å². The molecule has 1 saturated heterocycles. The molecule has 1 aliphatic heterocycles. The number of hydrogen-bond acceptors (Lipinski definition) is 4. The maximum Gasteiger partial charge on any atom is 0.220 e. The van der Waals surface area contributed by atoms with E-state index in [9.17, 15) is 18.4 Å². The summed E-state index contributed by atoms with van der Waals surface area (Å²) in [5.74, 6) is -2.64. The van der Waals surface area contributed by atoms with Gasteiger partial charge in [-0.15, -0.1) is 12.4 Å². The number of rotatable bonds is 7. The van der Waals surface area contributed by atoms with Crippen molar-refractivity contribution in [2.75, 3.05) is 39.3 Å². The molecule has 8 heteroatoms. The van der Waals surface area contributed by atoms with Crippen LogP contribution in [0.1, 0.15) is 23.2 Å². The number of ketones is 1. The van der Waals surface area contributed by atoms with Crippen molar-refractivity contribution in [3.63, 3.8) is 0 Å². The molecule has 1 heterocycles. The van der Waals surface area contributed by atoms with Crippen molar-refractivity contribution in [2.24, 2.45) is 0 Å². The molecular weight excluding hydrogens is 340 g/mol. The lowest BCUT2D eigenvalue weighted by Crippen LogP contribution is -2.46. The highest BCUT2D eigenvalue weighted by atomic mass is 35.5. The van der Waals surface area contributed by atoms with Crippen LogP contribution in [0.25, 0.3) is 0 Å². The van der Waals surface area contributed by atoms with Gasteiger partial charge in [-0.25, -0.2) is 8.78 Å². The van der Waals surface area contributed by atoms with E-state index < -0.39 is 11.6 Å². The minimum atomic E-state index is -1.06. The zero-order chi connectivity index (χ0) is 16.7. The van der Waals surface area contributed by atoms with Crippen LogP contribution >= 0.6 is 12.4 Å². The molecule has 0 spiro atoms. The van der Waals surface area contributed by atoms with Gasteiger partial charge in [-0.1, -0.05) is 0 Å². The van der Waals surface area contributed by atoms with Gasteiger partial charge in [0, 0.05) is 57.7 Å². The molecule has 0 atom stereocenters. The van der Waals surface area contributed by atoms with Crippen LogP contribution in [0.2, 0.25) is 0 Å². The van der Waals surface area contributed by atoms with Crippen LogP contribution in [0.5, 0.6) is 0 Å². The Kier molecular flexibility index (Phi) is 8.81. The van der Waals surface area contributed by atoms with Crippen LogP contribution in [0, 0.1) is 11.6 Å².